The van der Waals surface area contributed by atoms with E-state index in [2.05, 4.69) is 29.7 Å². The van der Waals surface area contributed by atoms with Crippen molar-refractivity contribution in [1.82, 2.24) is 5.43 Å². The second-order valence-corrected chi connectivity index (χ2v) is 6.11. The number of amides is 2. The van der Waals surface area contributed by atoms with Crippen LogP contribution in [0.1, 0.15) is 37.8 Å². The molecule has 0 spiro atoms. The van der Waals surface area contributed by atoms with E-state index in [1.165, 1.54) is 12.5 Å². The van der Waals surface area contributed by atoms with Gasteiger partial charge in [-0.15, -0.1) is 0 Å². The Morgan fingerprint density at radius 3 is 2.31 bits per heavy atom. The first kappa shape index (κ1) is 19.2. The lowest BCUT2D eigenvalue weighted by Gasteiger charge is -2.07. The van der Waals surface area contributed by atoms with Gasteiger partial charge in [-0.3, -0.25) is 9.59 Å². The molecule has 2 amide bonds. The molecule has 0 aliphatic rings. The maximum Gasteiger partial charge on any atom is 0.277 e. The second kappa shape index (κ2) is 9.36. The monoisotopic (exact) mass is 353 g/mol. The summed E-state index contributed by atoms with van der Waals surface area (Å²) in [7, 11) is 0. The van der Waals surface area contributed by atoms with Crippen LogP contribution >= 0.6 is 0 Å². The fraction of sp³-hybridized carbons (Fsp3) is 0.250. The molecule has 0 fully saturated rings. The van der Waals surface area contributed by atoms with Gasteiger partial charge in [-0.25, -0.2) is 5.43 Å². The number of nitrogens with one attached hydrogen (secondary N) is 2. The Balaban J connectivity index is 1.77. The molecule has 6 nitrogen and oxygen atoms in total. The molecule has 0 bridgehead atoms. The molecule has 0 atom stereocenters. The molecule has 26 heavy (non-hydrogen) atoms. The fourth-order valence-electron chi connectivity index (χ4n) is 2.16. The van der Waals surface area contributed by atoms with Gasteiger partial charge in [0.1, 0.15) is 5.75 Å². The van der Waals surface area contributed by atoms with E-state index in [-0.39, 0.29) is 18.4 Å². The summed E-state index contributed by atoms with van der Waals surface area (Å²) in [5, 5.41) is 6.58. The lowest BCUT2D eigenvalue weighted by Crippen LogP contribution is -2.24. The number of hydrazone groups is 1. The molecular weight excluding hydrogens is 330 g/mol. The van der Waals surface area contributed by atoms with Crippen molar-refractivity contribution >= 4 is 23.7 Å². The highest BCUT2D eigenvalue weighted by atomic mass is 16.5. The van der Waals surface area contributed by atoms with Crippen LogP contribution in [0.15, 0.2) is 53.6 Å². The Hall–Kier alpha value is -3.15. The predicted octanol–water partition coefficient (Wildman–Crippen LogP) is 3.30. The number of hydrogen-bond acceptors (Lipinski definition) is 4. The molecule has 0 aliphatic carbocycles. The molecule has 0 unspecified atom stereocenters. The van der Waals surface area contributed by atoms with Crippen LogP contribution < -0.4 is 15.5 Å². The molecule has 2 aromatic carbocycles. The van der Waals surface area contributed by atoms with Crippen molar-refractivity contribution in [2.24, 2.45) is 5.10 Å². The topological polar surface area (TPSA) is 79.8 Å². The van der Waals surface area contributed by atoms with E-state index in [1.54, 1.807) is 30.5 Å². The molecule has 0 saturated carbocycles. The van der Waals surface area contributed by atoms with Gasteiger partial charge in [0, 0.05) is 12.6 Å². The average Bonchev–Trinajstić information content (AvgIpc) is 2.61. The van der Waals surface area contributed by atoms with Crippen molar-refractivity contribution in [3.63, 3.8) is 0 Å². The van der Waals surface area contributed by atoms with Crippen molar-refractivity contribution < 1.29 is 14.3 Å². The van der Waals surface area contributed by atoms with Crippen LogP contribution in [0.25, 0.3) is 0 Å². The van der Waals surface area contributed by atoms with E-state index < -0.39 is 0 Å². The van der Waals surface area contributed by atoms with Gasteiger partial charge in [-0.2, -0.15) is 5.10 Å². The van der Waals surface area contributed by atoms with Gasteiger partial charge >= 0.3 is 0 Å². The van der Waals surface area contributed by atoms with Gasteiger partial charge in [-0.05, 0) is 41.3 Å². The van der Waals surface area contributed by atoms with Crippen LogP contribution in [-0.2, 0) is 9.59 Å². The molecule has 0 aliphatic heterocycles. The summed E-state index contributed by atoms with van der Waals surface area (Å²) in [6, 6.07) is 14.8. The third-order valence-electron chi connectivity index (χ3n) is 3.55. The molecule has 6 heteroatoms. The summed E-state index contributed by atoms with van der Waals surface area (Å²) >= 11 is 0. The first-order valence-corrected chi connectivity index (χ1v) is 8.36. The molecule has 0 aromatic heterocycles. The highest BCUT2D eigenvalue weighted by Crippen LogP contribution is 2.15. The summed E-state index contributed by atoms with van der Waals surface area (Å²) in [6.45, 7) is 5.56. The van der Waals surface area contributed by atoms with E-state index in [0.717, 1.165) is 5.56 Å². The molecule has 2 rings (SSSR count). The normalized spacial score (nSPS) is 10.8. The minimum atomic E-state index is -0.356. The van der Waals surface area contributed by atoms with Crippen molar-refractivity contribution in [1.29, 1.82) is 0 Å². The maximum absolute atomic E-state index is 11.8. The first-order valence-electron chi connectivity index (χ1n) is 8.36. The quantitative estimate of drug-likeness (QED) is 0.592. The summed E-state index contributed by atoms with van der Waals surface area (Å²) in [5.74, 6) is 0.508. The van der Waals surface area contributed by atoms with Gasteiger partial charge in [0.15, 0.2) is 6.61 Å². The Morgan fingerprint density at radius 2 is 1.73 bits per heavy atom. The SMILES string of the molecule is CC(=O)Nc1ccc(OCC(=O)N/N=C/c2ccc(C(C)C)cc2)cc1. The number of hydrogen-bond donors (Lipinski definition) is 2. The summed E-state index contributed by atoms with van der Waals surface area (Å²) < 4.78 is 5.37. The minimum Gasteiger partial charge on any atom is -0.484 e. The maximum atomic E-state index is 11.8. The van der Waals surface area contributed by atoms with Crippen molar-refractivity contribution in [3.8, 4) is 5.75 Å². The summed E-state index contributed by atoms with van der Waals surface area (Å²) in [4.78, 5) is 22.7. The van der Waals surface area contributed by atoms with Crippen LogP contribution in [0.3, 0.4) is 0 Å². The highest BCUT2D eigenvalue weighted by molar-refractivity contribution is 5.88. The van der Waals surface area contributed by atoms with E-state index in [0.29, 0.717) is 17.4 Å². The largest absolute Gasteiger partial charge is 0.484 e. The Morgan fingerprint density at radius 1 is 1.08 bits per heavy atom. The molecule has 2 N–H and O–H groups in total. The number of anilines is 1. The Kier molecular flexibility index (Phi) is 6.91. The molecule has 136 valence electrons. The van der Waals surface area contributed by atoms with Crippen LogP contribution in [0.4, 0.5) is 5.69 Å². The third kappa shape index (κ3) is 6.39. The number of benzene rings is 2. The molecule has 2 aromatic rings. The zero-order valence-electron chi connectivity index (χ0n) is 15.2. The van der Waals surface area contributed by atoms with Crippen molar-refractivity contribution in [2.45, 2.75) is 26.7 Å². The number of nitrogens with zero attached hydrogens (tertiary/aromatic N) is 1. The van der Waals surface area contributed by atoms with Crippen LogP contribution in [0, 0.1) is 0 Å². The number of carbonyl (C=O) groups is 2. The van der Waals surface area contributed by atoms with E-state index in [1.807, 2.05) is 24.3 Å². The zero-order valence-corrected chi connectivity index (χ0v) is 15.2. The second-order valence-electron chi connectivity index (χ2n) is 6.11. The molecular formula is C20H23N3O3. The van der Waals surface area contributed by atoms with E-state index >= 15 is 0 Å². The highest BCUT2D eigenvalue weighted by Gasteiger charge is 2.02. The van der Waals surface area contributed by atoms with Crippen LogP contribution in [0.2, 0.25) is 0 Å². The predicted molar refractivity (Wildman–Crippen MR) is 103 cm³/mol. The first-order chi connectivity index (χ1) is 12.4. The van der Waals surface area contributed by atoms with Crippen molar-refractivity contribution in [2.75, 3.05) is 11.9 Å². The lowest BCUT2D eigenvalue weighted by molar-refractivity contribution is -0.123. The van der Waals surface area contributed by atoms with Gasteiger partial charge < -0.3 is 10.1 Å². The smallest absolute Gasteiger partial charge is 0.277 e. The number of carbonyl (C=O) groups excluding carboxylic acids is 2. The van der Waals surface area contributed by atoms with Crippen molar-refractivity contribution in [3.05, 3.63) is 59.7 Å². The Labute approximate surface area is 153 Å². The van der Waals surface area contributed by atoms with Gasteiger partial charge in [-0.1, -0.05) is 38.1 Å². The van der Waals surface area contributed by atoms with Gasteiger partial charge in [0.05, 0.1) is 6.21 Å². The summed E-state index contributed by atoms with van der Waals surface area (Å²) in [5.41, 5.74) is 5.25. The van der Waals surface area contributed by atoms with Crippen LogP contribution in [0.5, 0.6) is 5.75 Å². The average molecular weight is 353 g/mol. The minimum absolute atomic E-state index is 0.144. The standard InChI is InChI=1S/C20H23N3O3/c1-14(2)17-6-4-16(5-7-17)12-21-23-20(25)13-26-19-10-8-18(9-11-19)22-15(3)24/h4-12,14H,13H2,1-3H3,(H,22,24)(H,23,25)/b21-12+. The summed E-state index contributed by atoms with van der Waals surface area (Å²) in [6.07, 6.45) is 1.59. The van der Waals surface area contributed by atoms with Gasteiger partial charge in [0.2, 0.25) is 5.91 Å². The van der Waals surface area contributed by atoms with Crippen LogP contribution in [-0.4, -0.2) is 24.6 Å². The third-order valence-corrected chi connectivity index (χ3v) is 3.55. The number of rotatable bonds is 7. The Bertz CT molecular complexity index is 766. The molecule has 0 radical (unpaired) electrons. The van der Waals surface area contributed by atoms with E-state index in [9.17, 15) is 9.59 Å². The molecule has 0 saturated heterocycles. The lowest BCUT2D eigenvalue weighted by atomic mass is 10.0. The molecule has 0 heterocycles. The fourth-order valence-corrected chi connectivity index (χ4v) is 2.16. The number of ether oxygens (including phenoxy) is 1. The van der Waals surface area contributed by atoms with E-state index in [4.69, 9.17) is 4.74 Å². The zero-order chi connectivity index (χ0) is 18.9. The van der Waals surface area contributed by atoms with Gasteiger partial charge in [0.25, 0.3) is 5.91 Å².